The minimum Gasteiger partial charge on any atom is -0.426 e. The zero-order valence-electron chi connectivity index (χ0n) is 35.9. The first-order valence-electron chi connectivity index (χ1n) is 22.1. The number of hydrogen-bond acceptors (Lipinski definition) is 3. The molecule has 0 aromatic heterocycles. The summed E-state index contributed by atoms with van der Waals surface area (Å²) in [6, 6.07) is 87.5. The van der Waals surface area contributed by atoms with Crippen LogP contribution in [0.1, 0.15) is 0 Å². The van der Waals surface area contributed by atoms with E-state index in [0.29, 0.717) is 5.75 Å². The van der Waals surface area contributed by atoms with Gasteiger partial charge in [-0.3, -0.25) is 0 Å². The van der Waals surface area contributed by atoms with Crippen LogP contribution in [0.4, 0.5) is 0 Å². The number of benzene rings is 11. The van der Waals surface area contributed by atoms with Gasteiger partial charge in [0.2, 0.25) is 0 Å². The van der Waals surface area contributed by atoms with E-state index in [2.05, 4.69) is 212 Å². The third-order valence-corrected chi connectivity index (χ3v) is 12.9. The zero-order valence-corrected chi connectivity index (χ0v) is 36.8. The number of rotatable bonds is 10. The third-order valence-electron chi connectivity index (χ3n) is 12.5. The Morgan fingerprint density at radius 2 is 0.621 bits per heavy atom. The molecule has 11 aromatic rings. The fourth-order valence-electron chi connectivity index (χ4n) is 9.47. The molecule has 0 atom stereocenters. The third kappa shape index (κ3) is 7.98. The van der Waals surface area contributed by atoms with Crippen LogP contribution in [0, 0.1) is 0 Å². The lowest BCUT2D eigenvalue weighted by Crippen LogP contribution is -1.97. The van der Waals surface area contributed by atoms with E-state index < -0.39 is 8.60 Å². The Hall–Kier alpha value is -7.91. The molecule has 0 aliphatic rings. The maximum Gasteiger partial charge on any atom is 0.391 e. The predicted octanol–water partition coefficient (Wildman–Crippen LogP) is 16.9. The van der Waals surface area contributed by atoms with Gasteiger partial charge in [-0.15, -0.1) is 0 Å². The molecule has 11 aromatic carbocycles. The highest BCUT2D eigenvalue weighted by Gasteiger charge is 2.24. The molecule has 2 N–H and O–H groups in total. The van der Waals surface area contributed by atoms with Gasteiger partial charge in [0.15, 0.2) is 0 Å². The van der Waals surface area contributed by atoms with Crippen LogP contribution in [-0.2, 0) is 0 Å². The van der Waals surface area contributed by atoms with Gasteiger partial charge in [0, 0.05) is 5.56 Å². The lowest BCUT2D eigenvalue weighted by Gasteiger charge is -2.23. The Balaban J connectivity index is 1.26. The summed E-state index contributed by atoms with van der Waals surface area (Å²) in [5.41, 5.74) is 16.6. The maximum atomic E-state index is 10.7. The van der Waals surface area contributed by atoms with E-state index in [-0.39, 0.29) is 0 Å². The Morgan fingerprint density at radius 1 is 0.258 bits per heavy atom. The first-order valence-corrected chi connectivity index (χ1v) is 23.3. The van der Waals surface area contributed by atoms with Gasteiger partial charge in [-0.05, 0) is 160 Å². The fourth-order valence-corrected chi connectivity index (χ4v) is 9.80. The van der Waals surface area contributed by atoms with Crippen molar-refractivity contribution in [2.24, 2.45) is 0 Å². The van der Waals surface area contributed by atoms with Gasteiger partial charge in [-0.25, -0.2) is 0 Å². The van der Waals surface area contributed by atoms with Crippen molar-refractivity contribution in [3.8, 4) is 94.8 Å². The lowest BCUT2D eigenvalue weighted by molar-refractivity contribution is 0.375. The first kappa shape index (κ1) is 40.8. The predicted molar refractivity (Wildman–Crippen MR) is 277 cm³/mol. The minimum absolute atomic E-state index is 0.379. The molecular formula is C62H43O3P. The van der Waals surface area contributed by atoms with Crippen LogP contribution in [-0.4, -0.2) is 9.79 Å². The normalized spacial score (nSPS) is 11.3. The van der Waals surface area contributed by atoms with Gasteiger partial charge in [0.25, 0.3) is 0 Å². The summed E-state index contributed by atoms with van der Waals surface area (Å²) in [6.45, 7) is 0. The highest BCUT2D eigenvalue weighted by atomic mass is 31.2. The van der Waals surface area contributed by atoms with Crippen molar-refractivity contribution in [2.75, 3.05) is 0 Å². The molecule has 0 amide bonds. The molecular weight excluding hydrogens is 824 g/mol. The van der Waals surface area contributed by atoms with E-state index in [1.807, 2.05) is 36.4 Å². The highest BCUT2D eigenvalue weighted by Crippen LogP contribution is 2.51. The molecule has 314 valence electrons. The summed E-state index contributed by atoms with van der Waals surface area (Å²) in [6.07, 6.45) is 0. The smallest absolute Gasteiger partial charge is 0.391 e. The largest absolute Gasteiger partial charge is 0.426 e. The molecule has 4 heteroatoms. The van der Waals surface area contributed by atoms with Crippen LogP contribution in [0.15, 0.2) is 249 Å². The monoisotopic (exact) mass is 866 g/mol. The van der Waals surface area contributed by atoms with Crippen molar-refractivity contribution in [1.29, 1.82) is 0 Å². The van der Waals surface area contributed by atoms with E-state index in [1.165, 1.54) is 0 Å². The van der Waals surface area contributed by atoms with Crippen LogP contribution in [0.2, 0.25) is 0 Å². The Morgan fingerprint density at radius 3 is 1.03 bits per heavy atom. The summed E-state index contributed by atoms with van der Waals surface area (Å²) in [4.78, 5) is 21.4. The Bertz CT molecular complexity index is 3490. The molecule has 0 bridgehead atoms. The highest BCUT2D eigenvalue weighted by molar-refractivity contribution is 7.39. The quantitative estimate of drug-likeness (QED) is 0.135. The molecule has 66 heavy (non-hydrogen) atoms. The average molecular weight is 867 g/mol. The first-order chi connectivity index (χ1) is 32.6. The van der Waals surface area contributed by atoms with Crippen LogP contribution in [0.25, 0.3) is 111 Å². The number of fused-ring (bicyclic) bond motifs is 2. The van der Waals surface area contributed by atoms with Gasteiger partial charge < -0.3 is 14.3 Å². The second-order valence-corrected chi connectivity index (χ2v) is 17.2. The standard InChI is InChI=1S/C62H43O3P/c63-66(64)65-61-33-19-32-52(59-40-57-50(38-55(59)46-28-15-5-16-29-46)34-48(42-20-7-1-8-21-42)36-53(57)44-24-11-3-12-25-44)62(61)60-41-58-51(39-56(60)47-30-17-6-18-31-47)35-49(43-22-9-2-10-23-43)37-54(58)45-26-13-4-14-27-45/h1-41,63-64H. The van der Waals surface area contributed by atoms with E-state index in [9.17, 15) is 9.79 Å². The zero-order chi connectivity index (χ0) is 44.4. The molecule has 11 rings (SSSR count). The SMILES string of the molecule is OP(O)Oc1cccc(-c2cc3c(-c4ccccc4)cc(-c4ccccc4)cc3cc2-c2ccccc2)c1-c1cc2c(-c3ccccc3)cc(-c3ccccc3)cc2cc1-c1ccccc1. The van der Waals surface area contributed by atoms with Gasteiger partial charge in [0.1, 0.15) is 5.75 Å². The minimum atomic E-state index is -2.78. The van der Waals surface area contributed by atoms with E-state index in [1.54, 1.807) is 0 Å². The molecule has 0 fully saturated rings. The van der Waals surface area contributed by atoms with E-state index in [4.69, 9.17) is 4.52 Å². The van der Waals surface area contributed by atoms with Crippen LogP contribution >= 0.6 is 8.60 Å². The maximum absolute atomic E-state index is 10.7. The Labute approximate surface area is 386 Å². The summed E-state index contributed by atoms with van der Waals surface area (Å²) in [5.74, 6) is 0.379. The molecule has 0 unspecified atom stereocenters. The van der Waals surface area contributed by atoms with E-state index in [0.717, 1.165) is 111 Å². The van der Waals surface area contributed by atoms with Gasteiger partial charge in [-0.1, -0.05) is 194 Å². The van der Waals surface area contributed by atoms with Crippen molar-refractivity contribution in [1.82, 2.24) is 0 Å². The van der Waals surface area contributed by atoms with Crippen LogP contribution in [0.5, 0.6) is 5.75 Å². The second-order valence-electron chi connectivity index (χ2n) is 16.5. The molecule has 0 aliphatic carbocycles. The van der Waals surface area contributed by atoms with Gasteiger partial charge in [0.05, 0.1) is 0 Å². The van der Waals surface area contributed by atoms with Crippen molar-refractivity contribution in [3.63, 3.8) is 0 Å². The lowest BCUT2D eigenvalue weighted by atomic mass is 9.82. The topological polar surface area (TPSA) is 49.7 Å². The van der Waals surface area contributed by atoms with Crippen molar-refractivity contribution in [3.05, 3.63) is 249 Å². The molecule has 0 aliphatic heterocycles. The van der Waals surface area contributed by atoms with Gasteiger partial charge in [-0.2, -0.15) is 0 Å². The van der Waals surface area contributed by atoms with E-state index >= 15 is 0 Å². The fraction of sp³-hybridized carbons (Fsp3) is 0. The van der Waals surface area contributed by atoms with Crippen LogP contribution in [0.3, 0.4) is 0 Å². The molecule has 0 radical (unpaired) electrons. The molecule has 3 nitrogen and oxygen atoms in total. The average Bonchev–Trinajstić information content (AvgIpc) is 3.38. The molecule has 0 saturated heterocycles. The summed E-state index contributed by atoms with van der Waals surface area (Å²) in [7, 11) is -2.78. The summed E-state index contributed by atoms with van der Waals surface area (Å²) in [5, 5.41) is 4.36. The van der Waals surface area contributed by atoms with Crippen molar-refractivity contribution < 1.29 is 14.3 Å². The molecule has 0 spiro atoms. The Kier molecular flexibility index (Phi) is 11.1. The molecule has 0 heterocycles. The van der Waals surface area contributed by atoms with Gasteiger partial charge >= 0.3 is 8.60 Å². The molecule has 0 saturated carbocycles. The number of hydrogen-bond donors (Lipinski definition) is 2. The van der Waals surface area contributed by atoms with Crippen LogP contribution < -0.4 is 4.52 Å². The second kappa shape index (κ2) is 17.9. The van der Waals surface area contributed by atoms with Crippen molar-refractivity contribution >= 4 is 30.1 Å². The summed E-state index contributed by atoms with van der Waals surface area (Å²) < 4.78 is 6.12. The summed E-state index contributed by atoms with van der Waals surface area (Å²) >= 11 is 0. The van der Waals surface area contributed by atoms with Crippen molar-refractivity contribution in [2.45, 2.75) is 0 Å².